The van der Waals surface area contributed by atoms with E-state index >= 15 is 0 Å². The van der Waals surface area contributed by atoms with Crippen LogP contribution in [0.5, 0.6) is 5.75 Å². The zero-order valence-corrected chi connectivity index (χ0v) is 12.9. The molecule has 1 unspecified atom stereocenters. The van der Waals surface area contributed by atoms with Crippen LogP contribution in [-0.2, 0) is 0 Å². The second kappa shape index (κ2) is 5.97. The molecule has 0 radical (unpaired) electrons. The van der Waals surface area contributed by atoms with Crippen LogP contribution in [0.15, 0.2) is 55.0 Å². The van der Waals surface area contributed by atoms with E-state index in [1.165, 1.54) is 23.3 Å². The monoisotopic (exact) mass is 306 g/mol. The molecule has 0 saturated carbocycles. The van der Waals surface area contributed by atoms with Crippen LogP contribution in [-0.4, -0.2) is 28.2 Å². The fourth-order valence-corrected chi connectivity index (χ4v) is 3.69. The van der Waals surface area contributed by atoms with Crippen molar-refractivity contribution in [2.24, 2.45) is 0 Å². The topological polar surface area (TPSA) is 50.5 Å². The van der Waals surface area contributed by atoms with E-state index in [-0.39, 0.29) is 6.04 Å². The Labute approximate surface area is 135 Å². The predicted octanol–water partition coefficient (Wildman–Crippen LogP) is 2.10. The first kappa shape index (κ1) is 14.2. The maximum absolute atomic E-state index is 10.9. The Morgan fingerprint density at radius 1 is 0.957 bits per heavy atom. The third-order valence-electron chi connectivity index (χ3n) is 4.78. The summed E-state index contributed by atoms with van der Waals surface area (Å²) in [4.78, 5) is 10.0. The molecule has 1 atom stereocenters. The lowest BCUT2D eigenvalue weighted by atomic mass is 9.96. The van der Waals surface area contributed by atoms with Crippen LogP contribution in [0.3, 0.4) is 0 Å². The van der Waals surface area contributed by atoms with Gasteiger partial charge < -0.3 is 10.0 Å². The number of fused-ring (bicyclic) bond motifs is 1. The first-order chi connectivity index (χ1) is 11.3. The highest BCUT2D eigenvalue weighted by molar-refractivity contribution is 5.85. The number of phenols is 1. The lowest BCUT2D eigenvalue weighted by Crippen LogP contribution is -3.10. The summed E-state index contributed by atoms with van der Waals surface area (Å²) in [6.07, 6.45) is 7.87. The van der Waals surface area contributed by atoms with Gasteiger partial charge in [-0.25, -0.2) is 0 Å². The van der Waals surface area contributed by atoms with Crippen molar-refractivity contribution < 1.29 is 10.0 Å². The Bertz CT molecular complexity index is 813. The Balaban J connectivity index is 1.88. The molecule has 0 bridgehead atoms. The molecule has 4 nitrogen and oxygen atoms in total. The van der Waals surface area contributed by atoms with E-state index in [0.29, 0.717) is 11.3 Å². The van der Waals surface area contributed by atoms with E-state index in [1.807, 2.05) is 24.5 Å². The molecule has 1 aliphatic heterocycles. The molecule has 0 aliphatic carbocycles. The van der Waals surface area contributed by atoms with Gasteiger partial charge in [0.2, 0.25) is 0 Å². The number of aromatic nitrogens is 2. The molecule has 0 spiro atoms. The van der Waals surface area contributed by atoms with Crippen molar-refractivity contribution in [2.75, 3.05) is 13.1 Å². The minimum absolute atomic E-state index is 0.131. The Morgan fingerprint density at radius 2 is 1.74 bits per heavy atom. The number of hydrogen-bond acceptors (Lipinski definition) is 3. The lowest BCUT2D eigenvalue weighted by molar-refractivity contribution is -0.913. The van der Waals surface area contributed by atoms with E-state index in [9.17, 15) is 5.11 Å². The molecule has 2 N–H and O–H groups in total. The van der Waals surface area contributed by atoms with Gasteiger partial charge in [0.25, 0.3) is 0 Å². The van der Waals surface area contributed by atoms with Crippen LogP contribution < -0.4 is 4.90 Å². The average Bonchev–Trinajstić information content (AvgIpc) is 3.13. The highest BCUT2D eigenvalue weighted by atomic mass is 16.3. The largest absolute Gasteiger partial charge is 0.505 e. The SMILES string of the molecule is Oc1c(C(c2ccncc2)[NH+]2CCCC2)ccc2cccnc12. The fraction of sp³-hybridized carbons (Fsp3) is 0.263. The average molecular weight is 306 g/mol. The molecule has 116 valence electrons. The molecule has 4 heteroatoms. The Hall–Kier alpha value is -2.46. The molecule has 1 aromatic carbocycles. The van der Waals surface area contributed by atoms with Gasteiger partial charge in [0, 0.05) is 42.4 Å². The van der Waals surface area contributed by atoms with E-state index in [2.05, 4.69) is 34.2 Å². The minimum atomic E-state index is 0.131. The summed E-state index contributed by atoms with van der Waals surface area (Å²) >= 11 is 0. The van der Waals surface area contributed by atoms with Crippen molar-refractivity contribution in [2.45, 2.75) is 18.9 Å². The highest BCUT2D eigenvalue weighted by Gasteiger charge is 2.31. The molecule has 3 heterocycles. The maximum atomic E-state index is 10.9. The summed E-state index contributed by atoms with van der Waals surface area (Å²) < 4.78 is 0. The van der Waals surface area contributed by atoms with Gasteiger partial charge >= 0.3 is 0 Å². The summed E-state index contributed by atoms with van der Waals surface area (Å²) in [5.41, 5.74) is 2.84. The lowest BCUT2D eigenvalue weighted by Gasteiger charge is -2.26. The maximum Gasteiger partial charge on any atom is 0.151 e. The second-order valence-electron chi connectivity index (χ2n) is 6.16. The van der Waals surface area contributed by atoms with Crippen LogP contribution in [0.1, 0.15) is 30.0 Å². The summed E-state index contributed by atoms with van der Waals surface area (Å²) in [6, 6.07) is 12.2. The number of benzene rings is 1. The standard InChI is InChI=1S/C19H19N3O/c23-19-16(6-5-14-4-3-9-21-17(14)19)18(22-12-1-2-13-22)15-7-10-20-11-8-15/h3-11,18,23H,1-2,12-13H2/p+1. The quantitative estimate of drug-likeness (QED) is 0.779. The number of rotatable bonds is 3. The van der Waals surface area contributed by atoms with E-state index in [1.54, 1.807) is 6.20 Å². The molecule has 3 aromatic rings. The van der Waals surface area contributed by atoms with Crippen LogP contribution in [0.4, 0.5) is 0 Å². The normalized spacial score (nSPS) is 16.7. The van der Waals surface area contributed by atoms with Gasteiger partial charge in [0.1, 0.15) is 11.6 Å². The number of likely N-dealkylation sites (tertiary alicyclic amines) is 1. The summed E-state index contributed by atoms with van der Waals surface area (Å²) in [6.45, 7) is 2.26. The summed E-state index contributed by atoms with van der Waals surface area (Å²) in [7, 11) is 0. The van der Waals surface area contributed by atoms with Crippen molar-refractivity contribution in [1.29, 1.82) is 0 Å². The van der Waals surface area contributed by atoms with Gasteiger partial charge in [-0.1, -0.05) is 12.1 Å². The van der Waals surface area contributed by atoms with E-state index < -0.39 is 0 Å². The molecule has 23 heavy (non-hydrogen) atoms. The van der Waals surface area contributed by atoms with Crippen molar-refractivity contribution in [3.05, 3.63) is 66.1 Å². The van der Waals surface area contributed by atoms with Crippen LogP contribution in [0, 0.1) is 0 Å². The first-order valence-electron chi connectivity index (χ1n) is 8.15. The molecular formula is C19H20N3O+. The Morgan fingerprint density at radius 3 is 2.52 bits per heavy atom. The van der Waals surface area contributed by atoms with Crippen molar-refractivity contribution in [3.8, 4) is 5.75 Å². The van der Waals surface area contributed by atoms with Crippen LogP contribution in [0.25, 0.3) is 10.9 Å². The van der Waals surface area contributed by atoms with E-state index in [4.69, 9.17) is 0 Å². The zero-order valence-electron chi connectivity index (χ0n) is 12.9. The Kier molecular flexibility index (Phi) is 3.67. The molecule has 2 aromatic heterocycles. The van der Waals surface area contributed by atoms with Crippen LogP contribution >= 0.6 is 0 Å². The third-order valence-corrected chi connectivity index (χ3v) is 4.78. The highest BCUT2D eigenvalue weighted by Crippen LogP contribution is 2.33. The molecule has 1 aliphatic rings. The second-order valence-corrected chi connectivity index (χ2v) is 6.16. The molecule has 4 rings (SSSR count). The number of quaternary nitrogens is 1. The van der Waals surface area contributed by atoms with Gasteiger partial charge in [-0.3, -0.25) is 9.97 Å². The molecule has 1 saturated heterocycles. The van der Waals surface area contributed by atoms with Crippen molar-refractivity contribution in [3.63, 3.8) is 0 Å². The van der Waals surface area contributed by atoms with Gasteiger partial charge in [-0.15, -0.1) is 0 Å². The number of nitrogens with zero attached hydrogens (tertiary/aromatic N) is 2. The molecule has 0 amide bonds. The van der Waals surface area contributed by atoms with Gasteiger partial charge in [0.15, 0.2) is 5.75 Å². The van der Waals surface area contributed by atoms with Gasteiger partial charge in [-0.2, -0.15) is 0 Å². The fourth-order valence-electron chi connectivity index (χ4n) is 3.69. The van der Waals surface area contributed by atoms with Gasteiger partial charge in [0.05, 0.1) is 18.7 Å². The summed E-state index contributed by atoms with van der Waals surface area (Å²) in [5.74, 6) is 0.310. The van der Waals surface area contributed by atoms with Crippen LogP contribution in [0.2, 0.25) is 0 Å². The number of aromatic hydroxyl groups is 1. The predicted molar refractivity (Wildman–Crippen MR) is 89.4 cm³/mol. The van der Waals surface area contributed by atoms with Crippen molar-refractivity contribution >= 4 is 10.9 Å². The van der Waals surface area contributed by atoms with E-state index in [0.717, 1.165) is 24.0 Å². The number of phenolic OH excluding ortho intramolecular Hbond substituents is 1. The van der Waals surface area contributed by atoms with Crippen molar-refractivity contribution in [1.82, 2.24) is 9.97 Å². The number of pyridine rings is 2. The minimum Gasteiger partial charge on any atom is -0.505 e. The first-order valence-corrected chi connectivity index (χ1v) is 8.15. The molecule has 1 fully saturated rings. The summed E-state index contributed by atoms with van der Waals surface area (Å²) in [5, 5.41) is 11.8. The van der Waals surface area contributed by atoms with Gasteiger partial charge in [-0.05, 0) is 24.3 Å². The molecular weight excluding hydrogens is 286 g/mol. The zero-order chi connectivity index (χ0) is 15.6. The third kappa shape index (κ3) is 2.55. The number of nitrogens with one attached hydrogen (secondary N) is 1. The smallest absolute Gasteiger partial charge is 0.151 e. The number of hydrogen-bond donors (Lipinski definition) is 2.